The van der Waals surface area contributed by atoms with Crippen LogP contribution in [0.3, 0.4) is 0 Å². The summed E-state index contributed by atoms with van der Waals surface area (Å²) in [6.45, 7) is 20.3. The third kappa shape index (κ3) is 10.2. The zero-order valence-corrected chi connectivity index (χ0v) is 30.6. The van der Waals surface area contributed by atoms with Crippen LogP contribution in [0.15, 0.2) is 52.9 Å². The van der Waals surface area contributed by atoms with E-state index in [-0.39, 0.29) is 17.0 Å². The highest BCUT2D eigenvalue weighted by molar-refractivity contribution is 7.14. The summed E-state index contributed by atoms with van der Waals surface area (Å²) in [5.74, 6) is 0.0811. The number of benzene rings is 1. The Morgan fingerprint density at radius 1 is 0.917 bits per heavy atom. The highest BCUT2D eigenvalue weighted by Gasteiger charge is 2.38. The lowest BCUT2D eigenvalue weighted by Crippen LogP contribution is -2.26. The monoisotopic (exact) mass is 664 g/mol. The molecule has 1 aliphatic rings. The highest BCUT2D eigenvalue weighted by Crippen LogP contribution is 2.42. The molecule has 2 aromatic rings. The van der Waals surface area contributed by atoms with Crippen molar-refractivity contribution in [1.29, 1.82) is 10.5 Å². The van der Waals surface area contributed by atoms with Crippen molar-refractivity contribution in [2.24, 2.45) is 0 Å². The topological polar surface area (TPSA) is 73.6 Å². The number of anilines is 1. The predicted octanol–water partition coefficient (Wildman–Crippen LogP) is 10.9. The van der Waals surface area contributed by atoms with Gasteiger partial charge in [0, 0.05) is 41.2 Å². The first kappa shape index (κ1) is 38.4. The molecular weight excluding hydrogens is 613 g/mol. The first-order chi connectivity index (χ1) is 23.3. The summed E-state index contributed by atoms with van der Waals surface area (Å²) >= 11 is 1.81. The molecule has 0 amide bonds. The van der Waals surface area contributed by atoms with Gasteiger partial charge in [0.15, 0.2) is 5.76 Å². The average molecular weight is 665 g/mol. The van der Waals surface area contributed by atoms with Crippen molar-refractivity contribution < 1.29 is 9.47 Å². The van der Waals surface area contributed by atoms with E-state index in [1.807, 2.05) is 37.3 Å². The van der Waals surface area contributed by atoms with Crippen LogP contribution in [0.25, 0.3) is 23.1 Å². The van der Waals surface area contributed by atoms with Gasteiger partial charge in [0.2, 0.25) is 0 Å². The van der Waals surface area contributed by atoms with Gasteiger partial charge in [-0.1, -0.05) is 76.7 Å². The minimum Gasteiger partial charge on any atom is -0.492 e. The van der Waals surface area contributed by atoms with E-state index < -0.39 is 5.60 Å². The van der Waals surface area contributed by atoms with E-state index in [9.17, 15) is 10.5 Å². The molecule has 1 aromatic heterocycles. The van der Waals surface area contributed by atoms with Crippen LogP contribution in [0.1, 0.15) is 112 Å². The second-order valence-electron chi connectivity index (χ2n) is 12.7. The van der Waals surface area contributed by atoms with E-state index in [0.29, 0.717) is 12.2 Å². The molecule has 0 saturated heterocycles. The fourth-order valence-corrected chi connectivity index (χ4v) is 7.29. The van der Waals surface area contributed by atoms with Crippen LogP contribution in [0.2, 0.25) is 0 Å². The van der Waals surface area contributed by atoms with Gasteiger partial charge < -0.3 is 14.4 Å². The number of nitriles is 2. The Morgan fingerprint density at radius 3 is 2.02 bits per heavy atom. The first-order valence-corrected chi connectivity index (χ1v) is 18.3. The number of methoxy groups -OCH3 is 1. The van der Waals surface area contributed by atoms with Crippen LogP contribution in [0.4, 0.5) is 5.69 Å². The fourth-order valence-electron chi connectivity index (χ4n) is 6.08. The van der Waals surface area contributed by atoms with Gasteiger partial charge in [0.1, 0.15) is 11.7 Å². The molecule has 2 heterocycles. The lowest BCUT2D eigenvalue weighted by atomic mass is 9.93. The smallest absolute Gasteiger partial charge is 0.304 e. The maximum atomic E-state index is 10.1. The van der Waals surface area contributed by atoms with Gasteiger partial charge in [-0.25, -0.2) is 10.1 Å². The van der Waals surface area contributed by atoms with Crippen LogP contribution in [-0.4, -0.2) is 32.4 Å². The average Bonchev–Trinajstić information content (AvgIpc) is 3.55. The van der Waals surface area contributed by atoms with Crippen molar-refractivity contribution in [2.45, 2.75) is 104 Å². The number of thiophene rings is 1. The molecule has 0 fully saturated rings. The molecule has 7 heteroatoms. The number of hydrogen-bond acceptors (Lipinski definition) is 6. The molecule has 0 spiro atoms. The number of hydrogen-bond donors (Lipinski definition) is 0. The van der Waals surface area contributed by atoms with E-state index in [0.717, 1.165) is 44.3 Å². The van der Waals surface area contributed by atoms with Gasteiger partial charge in [0.05, 0.1) is 24.8 Å². The van der Waals surface area contributed by atoms with E-state index in [1.165, 1.54) is 65.1 Å². The Bertz CT molecular complexity index is 1590. The summed E-state index contributed by atoms with van der Waals surface area (Å²) < 4.78 is 11.3. The Hall–Kier alpha value is -4.09. The number of nitrogens with zero attached hydrogens (tertiary/aromatic N) is 4. The lowest BCUT2D eigenvalue weighted by molar-refractivity contribution is 0.0953. The van der Waals surface area contributed by atoms with Gasteiger partial charge >= 0.3 is 5.70 Å². The Kier molecular flexibility index (Phi) is 15.7. The second kappa shape index (κ2) is 19.7. The van der Waals surface area contributed by atoms with Gasteiger partial charge in [-0.05, 0) is 87.4 Å². The number of ether oxygens (including phenoxy) is 2. The molecule has 0 bridgehead atoms. The standard InChI is InChI=1S/C41H52N4O2S/c1-8-11-13-15-17-33-34(18-16-14-12-9-2)39(26-24-36-35(29-42)40(37(30-43)44-6)47-41(36,4)5)48-38(33)25-21-31-19-22-32(23-20-31)45(10-3)27-28-46-7/h19-26H,8-18,27-28H2,1-5,7H3/b25-21+,26-24+,40-37-. The number of allylic oxidation sites excluding steroid dienone is 2. The largest absolute Gasteiger partial charge is 0.492 e. The van der Waals surface area contributed by atoms with Gasteiger partial charge in [-0.15, -0.1) is 11.3 Å². The van der Waals surface area contributed by atoms with E-state index in [2.05, 4.69) is 79.1 Å². The number of unbranched alkanes of at least 4 members (excludes halogenated alkanes) is 6. The van der Waals surface area contributed by atoms with Crippen LogP contribution in [0, 0.1) is 29.2 Å². The molecule has 0 N–H and O–H groups in total. The Balaban J connectivity index is 2.08. The summed E-state index contributed by atoms with van der Waals surface area (Å²) in [4.78, 5) is 8.13. The van der Waals surface area contributed by atoms with Crippen molar-refractivity contribution in [3.63, 3.8) is 0 Å². The summed E-state index contributed by atoms with van der Waals surface area (Å²) in [7, 11) is 1.74. The second-order valence-corrected chi connectivity index (χ2v) is 13.7. The fraction of sp³-hybridized carbons (Fsp3) is 0.488. The van der Waals surface area contributed by atoms with E-state index in [1.54, 1.807) is 7.11 Å². The molecule has 1 aliphatic heterocycles. The van der Waals surface area contributed by atoms with Crippen molar-refractivity contribution >= 4 is 35.3 Å². The van der Waals surface area contributed by atoms with Crippen molar-refractivity contribution in [1.82, 2.24) is 0 Å². The van der Waals surface area contributed by atoms with Crippen molar-refractivity contribution in [3.05, 3.63) is 90.8 Å². The zero-order valence-electron chi connectivity index (χ0n) is 29.8. The molecule has 0 radical (unpaired) electrons. The van der Waals surface area contributed by atoms with Crippen molar-refractivity contribution in [2.75, 3.05) is 31.7 Å². The van der Waals surface area contributed by atoms with Crippen molar-refractivity contribution in [3.8, 4) is 12.1 Å². The minimum absolute atomic E-state index is 0.0811. The molecule has 0 unspecified atom stereocenters. The van der Waals surface area contributed by atoms with Crippen LogP contribution < -0.4 is 4.90 Å². The van der Waals surface area contributed by atoms with Gasteiger partial charge in [-0.2, -0.15) is 5.26 Å². The maximum Gasteiger partial charge on any atom is 0.304 e. The predicted molar refractivity (Wildman–Crippen MR) is 201 cm³/mol. The molecule has 1 aromatic carbocycles. The first-order valence-electron chi connectivity index (χ1n) is 17.5. The quantitative estimate of drug-likeness (QED) is 0.0849. The van der Waals surface area contributed by atoms with E-state index in [4.69, 9.17) is 16.0 Å². The SMILES string of the molecule is [C-]#[N+]/C(C#N)=C1\OC(C)(C)C(/C=C/c2sc(/C=C/c3ccc(N(CC)CCOC)cc3)c(CCCCCC)c2CCCCCC)=C1C#N. The highest BCUT2D eigenvalue weighted by atomic mass is 32.1. The number of rotatable bonds is 19. The molecule has 0 aliphatic carbocycles. The molecule has 3 rings (SSSR count). The van der Waals surface area contributed by atoms with Crippen LogP contribution >= 0.6 is 11.3 Å². The van der Waals surface area contributed by atoms with Crippen LogP contribution in [0.5, 0.6) is 0 Å². The number of likely N-dealkylation sites (N-methyl/N-ethyl adjacent to an activating group) is 1. The third-order valence-electron chi connectivity index (χ3n) is 8.82. The maximum absolute atomic E-state index is 10.1. The third-order valence-corrected chi connectivity index (χ3v) is 10.0. The summed E-state index contributed by atoms with van der Waals surface area (Å²) in [6, 6.07) is 12.9. The lowest BCUT2D eigenvalue weighted by Gasteiger charge is -2.22. The summed E-state index contributed by atoms with van der Waals surface area (Å²) in [6.07, 6.45) is 20.3. The van der Waals surface area contributed by atoms with Gasteiger partial charge in [0.25, 0.3) is 0 Å². The molecule has 254 valence electrons. The molecule has 0 saturated carbocycles. The molecular formula is C41H52N4O2S. The van der Waals surface area contributed by atoms with Gasteiger partial charge in [-0.3, -0.25) is 0 Å². The summed E-state index contributed by atoms with van der Waals surface area (Å²) in [5, 5.41) is 19.6. The Morgan fingerprint density at radius 2 is 1.52 bits per heavy atom. The minimum atomic E-state index is -0.836. The zero-order chi connectivity index (χ0) is 34.9. The molecule has 0 atom stereocenters. The van der Waals surface area contributed by atoms with E-state index >= 15 is 0 Å². The summed E-state index contributed by atoms with van der Waals surface area (Å²) in [5.41, 5.74) is 5.12. The normalized spacial score (nSPS) is 15.1. The Labute approximate surface area is 293 Å². The molecule has 6 nitrogen and oxygen atoms in total. The van der Waals surface area contributed by atoms with Crippen LogP contribution in [-0.2, 0) is 22.3 Å². The molecule has 48 heavy (non-hydrogen) atoms.